The van der Waals surface area contributed by atoms with Gasteiger partial charge in [-0.05, 0) is 11.1 Å². The molecule has 4 aliphatic heterocycles. The molecule has 0 aliphatic carbocycles. The van der Waals surface area contributed by atoms with Crippen LogP contribution in [0.25, 0.3) is 0 Å². The van der Waals surface area contributed by atoms with Crippen molar-refractivity contribution in [2.75, 3.05) is 13.1 Å². The van der Waals surface area contributed by atoms with Gasteiger partial charge in [-0.1, -0.05) is 85.0 Å². The van der Waals surface area contributed by atoms with E-state index in [1.165, 1.54) is 17.1 Å². The normalized spacial score (nSPS) is 29.4. The van der Waals surface area contributed by atoms with Crippen molar-refractivity contribution >= 4 is 35.6 Å². The highest BCUT2D eigenvalue weighted by molar-refractivity contribution is 6.07. The van der Waals surface area contributed by atoms with Crippen LogP contribution in [-0.4, -0.2) is 82.9 Å². The first-order valence-electron chi connectivity index (χ1n) is 16.1. The Morgan fingerprint density at radius 2 is 1.20 bits per heavy atom. The number of hydrogen-bond acceptors (Lipinski definition) is 8. The Morgan fingerprint density at radius 1 is 0.735 bits per heavy atom. The second-order valence-corrected chi connectivity index (χ2v) is 12.2. The van der Waals surface area contributed by atoms with Crippen molar-refractivity contribution in [3.63, 3.8) is 0 Å². The predicted octanol–water partition coefficient (Wildman–Crippen LogP) is 1.67. The summed E-state index contributed by atoms with van der Waals surface area (Å²) in [5.41, 5.74) is 7.60. The van der Waals surface area contributed by atoms with Crippen molar-refractivity contribution in [1.82, 2.24) is 20.4 Å². The SMILES string of the molecule is C=CC1OC(/C=C\C2OC(C=C)C3C(=O)N(Cc4ccccc4)C(=O)C23)C2C(=O)N(CCN=C(N)NC(=O)NCc3ccccc3)C(=O)C12. The van der Waals surface area contributed by atoms with Crippen LogP contribution in [0.2, 0.25) is 0 Å². The number of carbonyl (C=O) groups is 5. The number of ether oxygens (including phenoxy) is 2. The molecule has 4 N–H and O–H groups in total. The minimum atomic E-state index is -0.835. The molecule has 6 amide bonds. The van der Waals surface area contributed by atoms with Crippen LogP contribution in [0.1, 0.15) is 11.1 Å². The third-order valence-corrected chi connectivity index (χ3v) is 9.30. The van der Waals surface area contributed by atoms with Crippen molar-refractivity contribution in [2.45, 2.75) is 37.5 Å². The van der Waals surface area contributed by atoms with Gasteiger partial charge in [0.2, 0.25) is 23.6 Å². The summed E-state index contributed by atoms with van der Waals surface area (Å²) in [6.07, 6.45) is 3.32. The summed E-state index contributed by atoms with van der Waals surface area (Å²) in [4.78, 5) is 72.6. The van der Waals surface area contributed by atoms with Crippen molar-refractivity contribution in [1.29, 1.82) is 0 Å². The number of aliphatic imine (C=N–C) groups is 1. The zero-order valence-corrected chi connectivity index (χ0v) is 26.7. The van der Waals surface area contributed by atoms with E-state index in [0.717, 1.165) is 16.0 Å². The zero-order valence-electron chi connectivity index (χ0n) is 26.7. The van der Waals surface area contributed by atoms with Crippen LogP contribution < -0.4 is 16.4 Å². The van der Waals surface area contributed by atoms with E-state index in [1.54, 1.807) is 12.2 Å². The molecule has 13 nitrogen and oxygen atoms in total. The molecule has 49 heavy (non-hydrogen) atoms. The highest BCUT2D eigenvalue weighted by Crippen LogP contribution is 2.44. The first-order valence-corrected chi connectivity index (χ1v) is 16.1. The summed E-state index contributed by atoms with van der Waals surface area (Å²) in [5, 5.41) is 5.10. The van der Waals surface area contributed by atoms with E-state index in [4.69, 9.17) is 15.2 Å². The van der Waals surface area contributed by atoms with Crippen LogP contribution in [0.5, 0.6) is 0 Å². The number of benzene rings is 2. The summed E-state index contributed by atoms with van der Waals surface area (Å²) in [5.74, 6) is -4.79. The molecule has 4 aliphatic rings. The third kappa shape index (κ3) is 6.67. The lowest BCUT2D eigenvalue weighted by atomic mass is 9.87. The molecule has 13 heteroatoms. The largest absolute Gasteiger partial charge is 0.370 e. The second-order valence-electron chi connectivity index (χ2n) is 12.2. The first kappa shape index (κ1) is 33.5. The molecule has 4 fully saturated rings. The summed E-state index contributed by atoms with van der Waals surface area (Å²) in [7, 11) is 0. The van der Waals surface area contributed by atoms with Gasteiger partial charge in [0, 0.05) is 13.1 Å². The maximum absolute atomic E-state index is 13.6. The van der Waals surface area contributed by atoms with Gasteiger partial charge in [0.05, 0.1) is 61.2 Å². The number of amides is 6. The molecule has 0 spiro atoms. The summed E-state index contributed by atoms with van der Waals surface area (Å²) in [6.45, 7) is 7.97. The van der Waals surface area contributed by atoms with Gasteiger partial charge in [0.15, 0.2) is 5.96 Å². The number of nitrogens with zero attached hydrogens (tertiary/aromatic N) is 3. The van der Waals surface area contributed by atoms with Crippen molar-refractivity contribution in [2.24, 2.45) is 34.4 Å². The smallest absolute Gasteiger partial charge is 0.321 e. The van der Waals surface area contributed by atoms with E-state index in [2.05, 4.69) is 28.8 Å². The quantitative estimate of drug-likeness (QED) is 0.141. The summed E-state index contributed by atoms with van der Waals surface area (Å²) >= 11 is 0. The van der Waals surface area contributed by atoms with E-state index in [9.17, 15) is 24.0 Å². The van der Waals surface area contributed by atoms with Gasteiger partial charge in [0.25, 0.3) is 0 Å². The Kier molecular flexibility index (Phi) is 9.83. The van der Waals surface area contributed by atoms with Gasteiger partial charge in [-0.25, -0.2) is 4.79 Å². The number of fused-ring (bicyclic) bond motifs is 2. The lowest BCUT2D eigenvalue weighted by Crippen LogP contribution is -2.43. The lowest BCUT2D eigenvalue weighted by Gasteiger charge is -2.20. The second kappa shape index (κ2) is 14.4. The van der Waals surface area contributed by atoms with E-state index >= 15 is 0 Å². The maximum Gasteiger partial charge on any atom is 0.321 e. The molecule has 8 unspecified atom stereocenters. The number of urea groups is 1. The van der Waals surface area contributed by atoms with Gasteiger partial charge >= 0.3 is 6.03 Å². The maximum atomic E-state index is 13.6. The number of guanidine groups is 1. The minimum absolute atomic E-state index is 0.0284. The average Bonchev–Trinajstić information content (AvgIpc) is 3.81. The van der Waals surface area contributed by atoms with E-state index in [0.29, 0.717) is 6.54 Å². The minimum Gasteiger partial charge on any atom is -0.370 e. The Balaban J connectivity index is 1.09. The molecule has 6 rings (SSSR count). The molecular formula is C36H38N6O7. The molecule has 0 bridgehead atoms. The van der Waals surface area contributed by atoms with Gasteiger partial charge in [-0.2, -0.15) is 0 Å². The van der Waals surface area contributed by atoms with E-state index in [1.807, 2.05) is 60.7 Å². The molecule has 0 aromatic heterocycles. The van der Waals surface area contributed by atoms with Gasteiger partial charge in [-0.3, -0.25) is 39.3 Å². The van der Waals surface area contributed by atoms with Crippen LogP contribution in [0.4, 0.5) is 4.79 Å². The van der Waals surface area contributed by atoms with Crippen LogP contribution in [0.15, 0.2) is 103 Å². The molecular weight excluding hydrogens is 628 g/mol. The molecule has 4 saturated heterocycles. The molecule has 8 atom stereocenters. The zero-order chi connectivity index (χ0) is 34.7. The predicted molar refractivity (Wildman–Crippen MR) is 178 cm³/mol. The standard InChI is InChI=1S/C36H38N6O7/c1-3-23-27-29(32(44)41(31(27)43)18-17-38-35(37)40-36(47)39-19-21-11-7-5-8-12-21)25(48-23)15-16-26-30-28(24(4-2)49-26)33(45)42(34(30)46)20-22-13-9-6-10-14-22/h3-16,23-30H,1-2,17-20H2,(H4,37,38,39,40,47)/b16-15-. The lowest BCUT2D eigenvalue weighted by molar-refractivity contribution is -0.144. The molecule has 0 saturated carbocycles. The number of likely N-dealkylation sites (tertiary alicyclic amines) is 2. The topological polar surface area (TPSA) is 173 Å². The molecule has 2 aromatic rings. The van der Waals surface area contributed by atoms with Crippen molar-refractivity contribution in [3.8, 4) is 0 Å². The van der Waals surface area contributed by atoms with Crippen LogP contribution >= 0.6 is 0 Å². The fourth-order valence-corrected chi connectivity index (χ4v) is 6.98. The molecule has 4 heterocycles. The summed E-state index contributed by atoms with van der Waals surface area (Å²) in [6, 6.07) is 18.1. The van der Waals surface area contributed by atoms with Crippen LogP contribution in [0.3, 0.4) is 0 Å². The number of imide groups is 2. The van der Waals surface area contributed by atoms with Gasteiger partial charge in [-0.15, -0.1) is 13.2 Å². The summed E-state index contributed by atoms with van der Waals surface area (Å²) < 4.78 is 12.1. The molecule has 254 valence electrons. The number of carbonyl (C=O) groups excluding carboxylic acids is 5. The van der Waals surface area contributed by atoms with Gasteiger partial charge in [0.1, 0.15) is 0 Å². The molecule has 2 aromatic carbocycles. The van der Waals surface area contributed by atoms with Gasteiger partial charge < -0.3 is 20.5 Å². The van der Waals surface area contributed by atoms with E-state index < -0.39 is 65.9 Å². The van der Waals surface area contributed by atoms with Crippen molar-refractivity contribution < 1.29 is 33.4 Å². The Hall–Kier alpha value is -5.40. The Bertz CT molecular complexity index is 1700. The highest BCUT2D eigenvalue weighted by Gasteiger charge is 2.60. The Morgan fingerprint density at radius 3 is 1.71 bits per heavy atom. The number of nitrogens with one attached hydrogen (secondary N) is 2. The number of rotatable bonds is 11. The number of nitrogens with two attached hydrogens (primary N) is 1. The highest BCUT2D eigenvalue weighted by atomic mass is 16.5. The fourth-order valence-electron chi connectivity index (χ4n) is 6.98. The number of hydrogen-bond donors (Lipinski definition) is 3. The molecule has 0 radical (unpaired) electrons. The van der Waals surface area contributed by atoms with E-state index in [-0.39, 0.29) is 37.4 Å². The first-order chi connectivity index (χ1) is 23.7. The fraction of sp³-hybridized carbons (Fsp3) is 0.333. The van der Waals surface area contributed by atoms with Crippen LogP contribution in [-0.2, 0) is 41.7 Å². The Labute approximate surface area is 283 Å². The van der Waals surface area contributed by atoms with Crippen molar-refractivity contribution in [3.05, 3.63) is 109 Å². The third-order valence-electron chi connectivity index (χ3n) is 9.30. The van der Waals surface area contributed by atoms with Crippen LogP contribution in [0, 0.1) is 23.7 Å². The monoisotopic (exact) mass is 666 g/mol. The average molecular weight is 667 g/mol.